The van der Waals surface area contributed by atoms with Gasteiger partial charge in [0.15, 0.2) is 0 Å². The lowest BCUT2D eigenvalue weighted by Crippen LogP contribution is -2.40. The highest BCUT2D eigenvalue weighted by molar-refractivity contribution is 14.1. The zero-order valence-electron chi connectivity index (χ0n) is 13.5. The Bertz CT molecular complexity index is 764. The average molecular weight is 455 g/mol. The van der Waals surface area contributed by atoms with E-state index in [1.54, 1.807) is 6.07 Å². The van der Waals surface area contributed by atoms with Crippen molar-refractivity contribution in [3.8, 4) is 11.6 Å². The number of ether oxygens (including phenoxy) is 1. The summed E-state index contributed by atoms with van der Waals surface area (Å²) in [6.07, 6.45) is 4.43. The molecule has 0 bridgehead atoms. The number of nitrogens with one attached hydrogen (secondary N) is 1. The van der Waals surface area contributed by atoms with Gasteiger partial charge in [-0.05, 0) is 72.5 Å². The first-order valence-electron chi connectivity index (χ1n) is 8.16. The molecule has 1 heterocycles. The number of carbonyl (C=O) groups is 1. The zero-order valence-corrected chi connectivity index (χ0v) is 15.7. The minimum atomic E-state index is -0.578. The van der Waals surface area contributed by atoms with Crippen molar-refractivity contribution in [1.29, 1.82) is 0 Å². The number of aromatic nitrogens is 1. The Morgan fingerprint density at radius 2 is 2.04 bits per heavy atom. The van der Waals surface area contributed by atoms with E-state index in [2.05, 4.69) is 32.9 Å². The molecule has 1 aliphatic carbocycles. The summed E-state index contributed by atoms with van der Waals surface area (Å²) in [6.45, 7) is 0. The van der Waals surface area contributed by atoms with E-state index in [1.807, 2.05) is 18.2 Å². The second-order valence-corrected chi connectivity index (χ2v) is 7.40. The summed E-state index contributed by atoms with van der Waals surface area (Å²) in [5.41, 5.74) is 5.98. The number of rotatable bonds is 4. The van der Waals surface area contributed by atoms with E-state index in [0.29, 0.717) is 5.75 Å². The Labute approximate surface area is 159 Å². The highest BCUT2D eigenvalue weighted by atomic mass is 127. The third kappa shape index (κ3) is 4.88. The second kappa shape index (κ2) is 8.09. The Morgan fingerprint density at radius 3 is 2.76 bits per heavy atom. The lowest BCUT2D eigenvalue weighted by atomic mass is 9.91. The maximum absolute atomic E-state index is 13.6. The summed E-state index contributed by atoms with van der Waals surface area (Å²) >= 11 is 2.16. The number of amides is 1. The smallest absolute Gasteiger partial charge is 0.257 e. The molecule has 1 amide bonds. The van der Waals surface area contributed by atoms with Crippen LogP contribution in [0.4, 0.5) is 4.39 Å². The Kier molecular flexibility index (Phi) is 5.85. The number of nitrogens with zero attached hydrogens (tertiary/aromatic N) is 1. The van der Waals surface area contributed by atoms with E-state index in [1.165, 1.54) is 0 Å². The van der Waals surface area contributed by atoms with Gasteiger partial charge in [-0.25, -0.2) is 9.37 Å². The van der Waals surface area contributed by atoms with Gasteiger partial charge in [0.1, 0.15) is 17.1 Å². The third-order valence-electron chi connectivity index (χ3n) is 4.18. The fraction of sp³-hybridized carbons (Fsp3) is 0.333. The monoisotopic (exact) mass is 455 g/mol. The van der Waals surface area contributed by atoms with Gasteiger partial charge >= 0.3 is 0 Å². The van der Waals surface area contributed by atoms with Crippen LogP contribution in [0.3, 0.4) is 0 Å². The highest BCUT2D eigenvalue weighted by Gasteiger charge is 2.23. The van der Waals surface area contributed by atoms with Crippen LogP contribution in [0.5, 0.6) is 11.6 Å². The first kappa shape index (κ1) is 18.1. The predicted molar refractivity (Wildman–Crippen MR) is 101 cm³/mol. The summed E-state index contributed by atoms with van der Waals surface area (Å²) in [4.78, 5) is 16.5. The molecule has 25 heavy (non-hydrogen) atoms. The standard InChI is InChI=1S/C18H19FIN3O2/c19-11-8-16(17(24)23-14-6-4-13(21)5-7-14)18(22-10-11)25-15-3-1-2-12(20)9-15/h1-3,8-10,13-14H,4-7,21H2,(H,23,24). The fourth-order valence-corrected chi connectivity index (χ4v) is 3.35. The topological polar surface area (TPSA) is 77.2 Å². The van der Waals surface area contributed by atoms with E-state index in [0.717, 1.165) is 41.5 Å². The van der Waals surface area contributed by atoms with Crippen molar-refractivity contribution in [3.63, 3.8) is 0 Å². The Balaban J connectivity index is 1.77. The molecule has 0 saturated heterocycles. The van der Waals surface area contributed by atoms with E-state index in [-0.39, 0.29) is 29.4 Å². The first-order valence-corrected chi connectivity index (χ1v) is 9.24. The molecule has 0 spiro atoms. The van der Waals surface area contributed by atoms with Crippen LogP contribution < -0.4 is 15.8 Å². The maximum atomic E-state index is 13.6. The number of carbonyl (C=O) groups excluding carboxylic acids is 1. The summed E-state index contributed by atoms with van der Waals surface area (Å²) in [5, 5.41) is 2.94. The molecule has 1 fully saturated rings. The molecule has 5 nitrogen and oxygen atoms in total. The first-order chi connectivity index (χ1) is 12.0. The van der Waals surface area contributed by atoms with Crippen LogP contribution in [0.1, 0.15) is 36.0 Å². The van der Waals surface area contributed by atoms with E-state index in [4.69, 9.17) is 10.5 Å². The molecule has 0 atom stereocenters. The van der Waals surface area contributed by atoms with Crippen molar-refractivity contribution in [3.05, 3.63) is 51.5 Å². The quantitative estimate of drug-likeness (QED) is 0.691. The van der Waals surface area contributed by atoms with Crippen LogP contribution in [0.25, 0.3) is 0 Å². The van der Waals surface area contributed by atoms with Crippen LogP contribution in [0, 0.1) is 9.39 Å². The molecule has 1 saturated carbocycles. The number of halogens is 2. The third-order valence-corrected chi connectivity index (χ3v) is 4.85. The molecule has 3 N–H and O–H groups in total. The Morgan fingerprint density at radius 1 is 1.28 bits per heavy atom. The van der Waals surface area contributed by atoms with Gasteiger partial charge in [-0.3, -0.25) is 4.79 Å². The highest BCUT2D eigenvalue weighted by Crippen LogP contribution is 2.26. The van der Waals surface area contributed by atoms with Crippen LogP contribution >= 0.6 is 22.6 Å². The molecule has 1 aliphatic rings. The summed E-state index contributed by atoms with van der Waals surface area (Å²) in [6, 6.07) is 8.73. The van der Waals surface area contributed by atoms with Crippen LogP contribution in [-0.4, -0.2) is 23.0 Å². The molecule has 7 heteroatoms. The van der Waals surface area contributed by atoms with Crippen molar-refractivity contribution in [2.24, 2.45) is 5.73 Å². The van der Waals surface area contributed by atoms with Crippen molar-refractivity contribution < 1.29 is 13.9 Å². The molecule has 1 aromatic carbocycles. The van der Waals surface area contributed by atoms with E-state index < -0.39 is 5.82 Å². The summed E-state index contributed by atoms with van der Waals surface area (Å²) in [5.74, 6) is -0.323. The van der Waals surface area contributed by atoms with Crippen LogP contribution in [-0.2, 0) is 0 Å². The minimum absolute atomic E-state index is 0.0427. The van der Waals surface area contributed by atoms with Gasteiger partial charge in [0.25, 0.3) is 5.91 Å². The normalized spacial score (nSPS) is 20.1. The van der Waals surface area contributed by atoms with Crippen molar-refractivity contribution in [1.82, 2.24) is 10.3 Å². The van der Waals surface area contributed by atoms with E-state index >= 15 is 0 Å². The van der Waals surface area contributed by atoms with Crippen LogP contribution in [0.15, 0.2) is 36.5 Å². The predicted octanol–water partition coefficient (Wildman–Crippen LogP) is 3.62. The Hall–Kier alpha value is -1.74. The molecule has 2 aromatic rings. The number of benzene rings is 1. The molecular weight excluding hydrogens is 436 g/mol. The fourth-order valence-electron chi connectivity index (χ4n) is 2.84. The van der Waals surface area contributed by atoms with Crippen molar-refractivity contribution in [2.45, 2.75) is 37.8 Å². The maximum Gasteiger partial charge on any atom is 0.257 e. The van der Waals surface area contributed by atoms with Crippen molar-refractivity contribution >= 4 is 28.5 Å². The van der Waals surface area contributed by atoms with Gasteiger partial charge in [-0.2, -0.15) is 0 Å². The molecule has 0 aliphatic heterocycles. The largest absolute Gasteiger partial charge is 0.438 e. The summed E-state index contributed by atoms with van der Waals surface area (Å²) in [7, 11) is 0. The van der Waals surface area contributed by atoms with Gasteiger partial charge < -0.3 is 15.8 Å². The van der Waals surface area contributed by atoms with Gasteiger partial charge in [-0.1, -0.05) is 6.07 Å². The average Bonchev–Trinajstić information content (AvgIpc) is 2.58. The zero-order chi connectivity index (χ0) is 17.8. The molecule has 132 valence electrons. The number of hydrogen-bond donors (Lipinski definition) is 2. The lowest BCUT2D eigenvalue weighted by molar-refractivity contribution is 0.0922. The molecule has 0 unspecified atom stereocenters. The number of nitrogens with two attached hydrogens (primary N) is 1. The second-order valence-electron chi connectivity index (χ2n) is 6.15. The molecule has 0 radical (unpaired) electrons. The van der Waals surface area contributed by atoms with Gasteiger partial charge in [0.2, 0.25) is 5.88 Å². The molecular formula is C18H19FIN3O2. The number of hydrogen-bond acceptors (Lipinski definition) is 4. The minimum Gasteiger partial charge on any atom is -0.438 e. The summed E-state index contributed by atoms with van der Waals surface area (Å²) < 4.78 is 20.3. The van der Waals surface area contributed by atoms with E-state index in [9.17, 15) is 9.18 Å². The van der Waals surface area contributed by atoms with Gasteiger partial charge in [-0.15, -0.1) is 0 Å². The van der Waals surface area contributed by atoms with Gasteiger partial charge in [0, 0.05) is 15.7 Å². The SMILES string of the molecule is NC1CCC(NC(=O)c2cc(F)cnc2Oc2cccc(I)c2)CC1. The van der Waals surface area contributed by atoms with Crippen LogP contribution in [0.2, 0.25) is 0 Å². The van der Waals surface area contributed by atoms with Gasteiger partial charge in [0.05, 0.1) is 6.20 Å². The number of pyridine rings is 1. The molecule has 1 aromatic heterocycles. The molecule has 3 rings (SSSR count). The van der Waals surface area contributed by atoms with Crippen molar-refractivity contribution in [2.75, 3.05) is 0 Å². The lowest BCUT2D eigenvalue weighted by Gasteiger charge is -2.27.